The first kappa shape index (κ1) is 17.4. The highest BCUT2D eigenvalue weighted by Crippen LogP contribution is 2.21. The molecule has 0 radical (unpaired) electrons. The summed E-state index contributed by atoms with van der Waals surface area (Å²) in [5.41, 5.74) is 0.831. The van der Waals surface area contributed by atoms with Crippen molar-refractivity contribution in [1.82, 2.24) is 20.0 Å². The minimum Gasteiger partial charge on any atom is -0.395 e. The number of β-amino-alcohol motifs (C(OH)–C–C–N with tert-alkyl or cyclic N) is 1. The van der Waals surface area contributed by atoms with Crippen LogP contribution in [0.1, 0.15) is 20.7 Å². The van der Waals surface area contributed by atoms with E-state index in [2.05, 4.69) is 10.2 Å². The van der Waals surface area contributed by atoms with Crippen molar-refractivity contribution >= 4 is 17.8 Å². The number of piperazine rings is 1. The van der Waals surface area contributed by atoms with E-state index < -0.39 is 0 Å². The molecule has 0 spiro atoms. The first-order chi connectivity index (χ1) is 12.1. The maximum Gasteiger partial charge on any atom is 0.317 e. The van der Waals surface area contributed by atoms with Gasteiger partial charge in [-0.25, -0.2) is 4.79 Å². The van der Waals surface area contributed by atoms with Crippen molar-refractivity contribution in [2.24, 2.45) is 0 Å². The molecule has 1 aromatic rings. The number of urea groups is 1. The number of benzene rings is 1. The van der Waals surface area contributed by atoms with Crippen LogP contribution in [0.5, 0.6) is 0 Å². The molecule has 0 aromatic heterocycles. The third-order valence-electron chi connectivity index (χ3n) is 4.57. The highest BCUT2D eigenvalue weighted by Gasteiger charge is 2.34. The van der Waals surface area contributed by atoms with Crippen LogP contribution < -0.4 is 5.32 Å². The lowest BCUT2D eigenvalue weighted by Crippen LogP contribution is -2.53. The minimum absolute atomic E-state index is 0.118. The zero-order valence-corrected chi connectivity index (χ0v) is 14.0. The van der Waals surface area contributed by atoms with Crippen molar-refractivity contribution in [1.29, 1.82) is 0 Å². The monoisotopic (exact) mass is 346 g/mol. The molecule has 2 aliphatic heterocycles. The van der Waals surface area contributed by atoms with E-state index in [9.17, 15) is 14.4 Å². The quantitative estimate of drug-likeness (QED) is 0.708. The first-order valence-electron chi connectivity index (χ1n) is 8.43. The molecule has 0 saturated carbocycles. The van der Waals surface area contributed by atoms with Crippen LogP contribution in [0.3, 0.4) is 0 Å². The van der Waals surface area contributed by atoms with Crippen LogP contribution in [0.25, 0.3) is 0 Å². The van der Waals surface area contributed by atoms with Gasteiger partial charge in [0.2, 0.25) is 0 Å². The molecule has 2 heterocycles. The molecule has 1 fully saturated rings. The molecule has 4 amide bonds. The largest absolute Gasteiger partial charge is 0.395 e. The smallest absolute Gasteiger partial charge is 0.317 e. The van der Waals surface area contributed by atoms with Crippen LogP contribution in [0.15, 0.2) is 24.3 Å². The van der Waals surface area contributed by atoms with E-state index in [1.807, 2.05) is 0 Å². The summed E-state index contributed by atoms with van der Waals surface area (Å²) in [6, 6.07) is 6.54. The number of carbonyl (C=O) groups excluding carboxylic acids is 3. The highest BCUT2D eigenvalue weighted by molar-refractivity contribution is 6.21. The van der Waals surface area contributed by atoms with Crippen molar-refractivity contribution in [3.05, 3.63) is 35.4 Å². The Morgan fingerprint density at radius 3 is 2.16 bits per heavy atom. The Labute approximate surface area is 146 Å². The van der Waals surface area contributed by atoms with E-state index in [1.165, 1.54) is 4.90 Å². The fourth-order valence-corrected chi connectivity index (χ4v) is 3.14. The van der Waals surface area contributed by atoms with E-state index in [1.54, 1.807) is 29.2 Å². The van der Waals surface area contributed by atoms with E-state index in [-0.39, 0.29) is 37.5 Å². The van der Waals surface area contributed by atoms with Crippen molar-refractivity contribution in [3.8, 4) is 0 Å². The van der Waals surface area contributed by atoms with Gasteiger partial charge in [0, 0.05) is 45.8 Å². The van der Waals surface area contributed by atoms with E-state index in [0.29, 0.717) is 30.8 Å². The summed E-state index contributed by atoms with van der Waals surface area (Å²) in [5.74, 6) is -0.625. The standard InChI is InChI=1S/C17H22N4O4/c22-12-11-19-7-9-20(10-8-19)17(25)18-5-6-21-15(23)13-3-1-2-4-14(13)16(21)24/h1-4,22H,5-12H2,(H,18,25). The van der Waals surface area contributed by atoms with Crippen LogP contribution >= 0.6 is 0 Å². The second-order valence-corrected chi connectivity index (χ2v) is 6.09. The van der Waals surface area contributed by atoms with Gasteiger partial charge < -0.3 is 15.3 Å². The van der Waals surface area contributed by atoms with Crippen LogP contribution in [-0.4, -0.2) is 90.1 Å². The van der Waals surface area contributed by atoms with Crippen molar-refractivity contribution in [3.63, 3.8) is 0 Å². The summed E-state index contributed by atoms with van der Waals surface area (Å²) in [5, 5.41) is 11.7. The second kappa shape index (κ2) is 7.62. The fourth-order valence-electron chi connectivity index (χ4n) is 3.14. The van der Waals surface area contributed by atoms with Gasteiger partial charge in [-0.05, 0) is 12.1 Å². The maximum absolute atomic E-state index is 12.2. The molecule has 8 heteroatoms. The number of hydrogen-bond acceptors (Lipinski definition) is 5. The molecule has 134 valence electrons. The number of nitrogens with one attached hydrogen (secondary N) is 1. The van der Waals surface area contributed by atoms with Gasteiger partial charge in [-0.15, -0.1) is 0 Å². The molecule has 0 unspecified atom stereocenters. The topological polar surface area (TPSA) is 93.2 Å². The average Bonchev–Trinajstić information content (AvgIpc) is 2.88. The van der Waals surface area contributed by atoms with Gasteiger partial charge in [-0.2, -0.15) is 0 Å². The molecule has 25 heavy (non-hydrogen) atoms. The molecule has 0 aliphatic carbocycles. The Balaban J connectivity index is 1.45. The molecule has 2 N–H and O–H groups in total. The van der Waals surface area contributed by atoms with Gasteiger partial charge in [0.25, 0.3) is 11.8 Å². The summed E-state index contributed by atoms with van der Waals surface area (Å²) in [6.07, 6.45) is 0. The number of aliphatic hydroxyl groups excluding tert-OH is 1. The number of imide groups is 1. The van der Waals surface area contributed by atoms with Crippen LogP contribution in [0, 0.1) is 0 Å². The summed E-state index contributed by atoms with van der Waals surface area (Å²) in [4.78, 5) is 41.6. The summed E-state index contributed by atoms with van der Waals surface area (Å²) < 4.78 is 0. The van der Waals surface area contributed by atoms with Gasteiger partial charge in [-0.3, -0.25) is 19.4 Å². The Hall–Kier alpha value is -2.45. The van der Waals surface area contributed by atoms with E-state index in [0.717, 1.165) is 13.1 Å². The summed E-state index contributed by atoms with van der Waals surface area (Å²) >= 11 is 0. The molecule has 1 saturated heterocycles. The molecule has 3 rings (SSSR count). The Bertz CT molecular complexity index is 635. The van der Waals surface area contributed by atoms with Gasteiger partial charge in [0.15, 0.2) is 0 Å². The number of amides is 4. The van der Waals surface area contributed by atoms with Crippen molar-refractivity contribution in [2.45, 2.75) is 0 Å². The first-order valence-corrected chi connectivity index (χ1v) is 8.43. The lowest BCUT2D eigenvalue weighted by molar-refractivity contribution is 0.0653. The number of fused-ring (bicyclic) bond motifs is 1. The number of carbonyl (C=O) groups is 3. The van der Waals surface area contributed by atoms with Crippen molar-refractivity contribution in [2.75, 3.05) is 52.4 Å². The van der Waals surface area contributed by atoms with Gasteiger partial charge >= 0.3 is 6.03 Å². The highest BCUT2D eigenvalue weighted by atomic mass is 16.3. The van der Waals surface area contributed by atoms with Gasteiger partial charge in [-0.1, -0.05) is 12.1 Å². The average molecular weight is 346 g/mol. The molecule has 1 aromatic carbocycles. The van der Waals surface area contributed by atoms with Crippen molar-refractivity contribution < 1.29 is 19.5 Å². The third kappa shape index (κ3) is 3.64. The van der Waals surface area contributed by atoms with Crippen LogP contribution in [-0.2, 0) is 0 Å². The summed E-state index contributed by atoms with van der Waals surface area (Å²) in [6.45, 7) is 3.77. The Kier molecular flexibility index (Phi) is 5.30. The van der Waals surface area contributed by atoms with Crippen LogP contribution in [0.2, 0.25) is 0 Å². The maximum atomic E-state index is 12.2. The number of aliphatic hydroxyl groups is 1. The SMILES string of the molecule is O=C(NCCN1C(=O)c2ccccc2C1=O)N1CCN(CCO)CC1. The molecule has 0 atom stereocenters. The number of nitrogens with zero attached hydrogens (tertiary/aromatic N) is 3. The Morgan fingerprint density at radius 1 is 1.00 bits per heavy atom. The minimum atomic E-state index is -0.313. The predicted molar refractivity (Wildman–Crippen MR) is 90.3 cm³/mol. The molecule has 8 nitrogen and oxygen atoms in total. The molecule has 0 bridgehead atoms. The van der Waals surface area contributed by atoms with E-state index in [4.69, 9.17) is 5.11 Å². The summed E-state index contributed by atoms with van der Waals surface area (Å²) in [7, 11) is 0. The normalized spacial score (nSPS) is 17.8. The lowest BCUT2D eigenvalue weighted by Gasteiger charge is -2.34. The third-order valence-corrected chi connectivity index (χ3v) is 4.57. The number of hydrogen-bond donors (Lipinski definition) is 2. The molecule has 2 aliphatic rings. The zero-order valence-electron chi connectivity index (χ0n) is 14.0. The fraction of sp³-hybridized carbons (Fsp3) is 0.471. The Morgan fingerprint density at radius 2 is 1.60 bits per heavy atom. The van der Waals surface area contributed by atoms with Gasteiger partial charge in [0.1, 0.15) is 0 Å². The molecular weight excluding hydrogens is 324 g/mol. The zero-order chi connectivity index (χ0) is 17.8. The molecular formula is C17H22N4O4. The van der Waals surface area contributed by atoms with Crippen LogP contribution in [0.4, 0.5) is 4.79 Å². The lowest BCUT2D eigenvalue weighted by atomic mass is 10.1. The van der Waals surface area contributed by atoms with Gasteiger partial charge in [0.05, 0.1) is 17.7 Å². The second-order valence-electron chi connectivity index (χ2n) is 6.09. The number of rotatable bonds is 5. The van der Waals surface area contributed by atoms with E-state index >= 15 is 0 Å². The predicted octanol–water partition coefficient (Wildman–Crippen LogP) is -0.398.